The Morgan fingerprint density at radius 3 is 2.93 bits per heavy atom. The van der Waals surface area contributed by atoms with Gasteiger partial charge in [0.25, 0.3) is 0 Å². The molecule has 0 fully saturated rings. The number of nitrogens with two attached hydrogens (primary N) is 1. The van der Waals surface area contributed by atoms with E-state index < -0.39 is 0 Å². The van der Waals surface area contributed by atoms with Crippen molar-refractivity contribution in [1.29, 1.82) is 0 Å². The molecule has 0 aromatic carbocycles. The summed E-state index contributed by atoms with van der Waals surface area (Å²) < 4.78 is 2.09. The number of aryl methyl sites for hydroxylation is 1. The number of pyridine rings is 1. The fourth-order valence-corrected chi connectivity index (χ4v) is 1.56. The second-order valence-electron chi connectivity index (χ2n) is 3.41. The molecule has 0 bridgehead atoms. The van der Waals surface area contributed by atoms with Crippen molar-refractivity contribution < 1.29 is 0 Å². The van der Waals surface area contributed by atoms with Crippen LogP contribution in [-0.2, 0) is 13.0 Å². The average molecular weight is 202 g/mol. The van der Waals surface area contributed by atoms with Gasteiger partial charge in [-0.1, -0.05) is 6.92 Å². The lowest BCUT2D eigenvalue weighted by Gasteiger charge is -2.06. The molecule has 2 heterocycles. The molecular formula is C11H14N4. The molecule has 0 aliphatic carbocycles. The Balaban J connectivity index is 2.22. The highest BCUT2D eigenvalue weighted by Crippen LogP contribution is 2.07. The second-order valence-corrected chi connectivity index (χ2v) is 3.41. The third kappa shape index (κ3) is 2.15. The zero-order valence-corrected chi connectivity index (χ0v) is 8.72. The topological polar surface area (TPSA) is 56.7 Å². The van der Waals surface area contributed by atoms with Crippen molar-refractivity contribution >= 4 is 5.69 Å². The summed E-state index contributed by atoms with van der Waals surface area (Å²) in [6.07, 6.45) is 6.43. The normalized spacial score (nSPS) is 10.5. The van der Waals surface area contributed by atoms with Crippen molar-refractivity contribution in [3.8, 4) is 0 Å². The predicted molar refractivity (Wildman–Crippen MR) is 59.4 cm³/mol. The predicted octanol–water partition coefficient (Wildman–Crippen LogP) is 1.47. The van der Waals surface area contributed by atoms with Gasteiger partial charge in [-0.3, -0.25) is 4.98 Å². The Bertz CT molecular complexity index is 447. The molecule has 0 aliphatic rings. The van der Waals surface area contributed by atoms with Crippen molar-refractivity contribution in [3.63, 3.8) is 0 Å². The lowest BCUT2D eigenvalue weighted by Crippen LogP contribution is -2.05. The van der Waals surface area contributed by atoms with Gasteiger partial charge < -0.3 is 10.3 Å². The van der Waals surface area contributed by atoms with E-state index in [2.05, 4.69) is 21.5 Å². The van der Waals surface area contributed by atoms with Crippen LogP contribution in [0.4, 0.5) is 5.69 Å². The van der Waals surface area contributed by atoms with Crippen LogP contribution in [-0.4, -0.2) is 14.5 Å². The maximum Gasteiger partial charge on any atom is 0.108 e. The number of hydrogen-bond donors (Lipinski definition) is 1. The minimum atomic E-state index is 0.730. The molecule has 4 heteroatoms. The molecule has 0 unspecified atom stereocenters. The largest absolute Gasteiger partial charge is 0.399 e. The Hall–Kier alpha value is -1.84. The third-order valence-electron chi connectivity index (χ3n) is 2.29. The van der Waals surface area contributed by atoms with Crippen molar-refractivity contribution in [2.24, 2.45) is 0 Å². The molecule has 0 radical (unpaired) electrons. The monoisotopic (exact) mass is 202 g/mol. The smallest absolute Gasteiger partial charge is 0.108 e. The van der Waals surface area contributed by atoms with E-state index in [-0.39, 0.29) is 0 Å². The molecule has 0 saturated heterocycles. The van der Waals surface area contributed by atoms with Gasteiger partial charge in [-0.05, 0) is 12.1 Å². The molecule has 0 spiro atoms. The van der Waals surface area contributed by atoms with Gasteiger partial charge in [0.1, 0.15) is 5.82 Å². The molecule has 15 heavy (non-hydrogen) atoms. The fraction of sp³-hybridized carbons (Fsp3) is 0.273. The molecule has 2 N–H and O–H groups in total. The fourth-order valence-electron chi connectivity index (χ4n) is 1.56. The highest BCUT2D eigenvalue weighted by molar-refractivity contribution is 5.37. The molecule has 4 nitrogen and oxygen atoms in total. The minimum Gasteiger partial charge on any atom is -0.399 e. The van der Waals surface area contributed by atoms with E-state index >= 15 is 0 Å². The van der Waals surface area contributed by atoms with E-state index in [1.165, 1.54) is 0 Å². The zero-order valence-electron chi connectivity index (χ0n) is 8.72. The van der Waals surface area contributed by atoms with Crippen LogP contribution in [0.5, 0.6) is 0 Å². The third-order valence-corrected chi connectivity index (χ3v) is 2.29. The van der Waals surface area contributed by atoms with Gasteiger partial charge >= 0.3 is 0 Å². The molecule has 0 amide bonds. The van der Waals surface area contributed by atoms with E-state index in [1.54, 1.807) is 12.3 Å². The summed E-state index contributed by atoms with van der Waals surface area (Å²) in [6, 6.07) is 3.68. The summed E-state index contributed by atoms with van der Waals surface area (Å²) in [5.74, 6) is 1.07. The van der Waals surface area contributed by atoms with Crippen LogP contribution < -0.4 is 5.73 Å². The maximum absolute atomic E-state index is 5.69. The van der Waals surface area contributed by atoms with Gasteiger partial charge in [-0.15, -0.1) is 0 Å². The van der Waals surface area contributed by atoms with Gasteiger partial charge in [0.15, 0.2) is 0 Å². The van der Waals surface area contributed by atoms with Crippen LogP contribution in [0.1, 0.15) is 18.4 Å². The van der Waals surface area contributed by atoms with Crippen LogP contribution in [0.25, 0.3) is 0 Å². The summed E-state index contributed by atoms with van der Waals surface area (Å²) in [5, 5.41) is 0. The van der Waals surface area contributed by atoms with Crippen molar-refractivity contribution in [1.82, 2.24) is 14.5 Å². The Morgan fingerprint density at radius 1 is 1.33 bits per heavy atom. The van der Waals surface area contributed by atoms with E-state index in [9.17, 15) is 0 Å². The average Bonchev–Trinajstić information content (AvgIpc) is 2.65. The van der Waals surface area contributed by atoms with E-state index in [1.807, 2.05) is 18.5 Å². The molecule has 0 atom stereocenters. The van der Waals surface area contributed by atoms with Gasteiger partial charge in [0, 0.05) is 30.7 Å². The van der Waals surface area contributed by atoms with Crippen LogP contribution in [0.3, 0.4) is 0 Å². The lowest BCUT2D eigenvalue weighted by atomic mass is 10.3. The molecule has 2 aromatic heterocycles. The standard InChI is InChI=1S/C11H14N4/c1-2-11-14-5-6-15(11)8-10-7-9(12)3-4-13-10/h3-7H,2,8H2,1H3,(H2,12,13). The van der Waals surface area contributed by atoms with Gasteiger partial charge in [0.05, 0.1) is 12.2 Å². The first-order chi connectivity index (χ1) is 7.29. The highest BCUT2D eigenvalue weighted by atomic mass is 15.1. The van der Waals surface area contributed by atoms with Crippen LogP contribution in [0.2, 0.25) is 0 Å². The molecule has 0 aliphatic heterocycles. The van der Waals surface area contributed by atoms with Crippen molar-refractivity contribution in [2.45, 2.75) is 19.9 Å². The highest BCUT2D eigenvalue weighted by Gasteiger charge is 2.01. The number of nitrogens with zero attached hydrogens (tertiary/aromatic N) is 3. The minimum absolute atomic E-state index is 0.730. The summed E-state index contributed by atoms with van der Waals surface area (Å²) >= 11 is 0. The Labute approximate surface area is 88.8 Å². The Kier molecular flexibility index (Phi) is 2.67. The van der Waals surface area contributed by atoms with Crippen LogP contribution in [0, 0.1) is 0 Å². The van der Waals surface area contributed by atoms with Gasteiger partial charge in [0.2, 0.25) is 0 Å². The molecule has 78 valence electrons. The maximum atomic E-state index is 5.69. The number of imidazole rings is 1. The van der Waals surface area contributed by atoms with E-state index in [4.69, 9.17) is 5.73 Å². The van der Waals surface area contributed by atoms with E-state index in [0.29, 0.717) is 0 Å². The number of hydrogen-bond acceptors (Lipinski definition) is 3. The quantitative estimate of drug-likeness (QED) is 0.820. The number of anilines is 1. The Morgan fingerprint density at radius 2 is 2.20 bits per heavy atom. The van der Waals surface area contributed by atoms with Crippen molar-refractivity contribution in [2.75, 3.05) is 5.73 Å². The van der Waals surface area contributed by atoms with Crippen molar-refractivity contribution in [3.05, 3.63) is 42.2 Å². The summed E-state index contributed by atoms with van der Waals surface area (Å²) in [5.41, 5.74) is 7.40. The summed E-state index contributed by atoms with van der Waals surface area (Å²) in [4.78, 5) is 8.52. The molecule has 0 saturated carbocycles. The number of nitrogen functional groups attached to an aromatic ring is 1. The number of aromatic nitrogens is 3. The van der Waals surface area contributed by atoms with Crippen LogP contribution >= 0.6 is 0 Å². The molecule has 2 rings (SSSR count). The van der Waals surface area contributed by atoms with E-state index in [0.717, 1.165) is 30.2 Å². The first kappa shape index (κ1) is 9.71. The molecule has 2 aromatic rings. The van der Waals surface area contributed by atoms with Gasteiger partial charge in [-0.2, -0.15) is 0 Å². The van der Waals surface area contributed by atoms with Gasteiger partial charge in [-0.25, -0.2) is 4.98 Å². The summed E-state index contributed by atoms with van der Waals surface area (Å²) in [6.45, 7) is 2.82. The zero-order chi connectivity index (χ0) is 10.7. The first-order valence-corrected chi connectivity index (χ1v) is 5.00. The second kappa shape index (κ2) is 4.13. The SMILES string of the molecule is CCc1nccn1Cc1cc(N)ccn1. The van der Waals surface area contributed by atoms with Crippen LogP contribution in [0.15, 0.2) is 30.7 Å². The number of rotatable bonds is 3. The molecular weight excluding hydrogens is 188 g/mol. The first-order valence-electron chi connectivity index (χ1n) is 5.00. The summed E-state index contributed by atoms with van der Waals surface area (Å²) in [7, 11) is 0. The lowest BCUT2D eigenvalue weighted by molar-refractivity contribution is 0.717.